The molecule has 0 spiro atoms. The molecule has 0 atom stereocenters. The van der Waals surface area contributed by atoms with Gasteiger partial charge in [-0.15, -0.1) is 11.3 Å². The molecule has 0 aliphatic rings. The van der Waals surface area contributed by atoms with Gasteiger partial charge in [0.05, 0.1) is 16.7 Å². The van der Waals surface area contributed by atoms with Gasteiger partial charge in [-0.1, -0.05) is 152 Å². The van der Waals surface area contributed by atoms with Gasteiger partial charge in [-0.05, 0) is 59.0 Å². The van der Waals surface area contributed by atoms with E-state index in [-0.39, 0.29) is 0 Å². The Morgan fingerprint density at radius 2 is 0.984 bits per heavy atom. The largest absolute Gasteiger partial charge is 0.455 e. The fourth-order valence-corrected chi connectivity index (χ4v) is 10.4. The Hall–Kier alpha value is -7.93. The fraction of sp³-hybridized carbons (Fsp3) is 0. The van der Waals surface area contributed by atoms with E-state index in [1.807, 2.05) is 41.7 Å². The molecule has 0 bridgehead atoms. The van der Waals surface area contributed by atoms with Crippen LogP contribution in [0.3, 0.4) is 0 Å². The second-order valence-electron chi connectivity index (χ2n) is 15.5. The lowest BCUT2D eigenvalue weighted by Crippen LogP contribution is -2.01. The van der Waals surface area contributed by atoms with Crippen molar-refractivity contribution in [1.82, 2.24) is 19.5 Å². The topological polar surface area (TPSA) is 56.7 Å². The summed E-state index contributed by atoms with van der Waals surface area (Å²) in [5.74, 6) is 1.82. The third kappa shape index (κ3) is 5.22. The summed E-state index contributed by atoms with van der Waals surface area (Å²) in [5, 5.41) is 9.09. The van der Waals surface area contributed by atoms with E-state index in [1.165, 1.54) is 30.9 Å². The molecule has 0 saturated heterocycles. The second kappa shape index (κ2) is 13.3. The number of nitrogens with zero attached hydrogens (tertiary/aromatic N) is 4. The van der Waals surface area contributed by atoms with Crippen molar-refractivity contribution in [3.8, 4) is 51.0 Å². The number of thiophene rings is 1. The molecular formula is C55H32N4OS. The van der Waals surface area contributed by atoms with Crippen molar-refractivity contribution >= 4 is 86.0 Å². The number of fused-ring (bicyclic) bond motifs is 12. The Morgan fingerprint density at radius 3 is 1.79 bits per heavy atom. The van der Waals surface area contributed by atoms with Gasteiger partial charge in [-0.2, -0.15) is 0 Å². The highest BCUT2D eigenvalue weighted by Crippen LogP contribution is 2.47. The molecule has 4 heterocycles. The maximum absolute atomic E-state index is 6.90. The zero-order chi connectivity index (χ0) is 40.0. The minimum absolute atomic E-state index is 0.596. The van der Waals surface area contributed by atoms with Crippen molar-refractivity contribution in [2.24, 2.45) is 0 Å². The van der Waals surface area contributed by atoms with Gasteiger partial charge < -0.3 is 8.98 Å². The Balaban J connectivity index is 1.12. The van der Waals surface area contributed by atoms with Gasteiger partial charge in [0.1, 0.15) is 11.2 Å². The minimum atomic E-state index is 0.596. The van der Waals surface area contributed by atoms with Gasteiger partial charge in [0, 0.05) is 63.8 Å². The molecule has 4 aromatic heterocycles. The summed E-state index contributed by atoms with van der Waals surface area (Å²) >= 11 is 1.85. The normalized spacial score (nSPS) is 11.9. The number of hydrogen-bond acceptors (Lipinski definition) is 5. The van der Waals surface area contributed by atoms with Crippen LogP contribution < -0.4 is 0 Å². The average molecular weight is 797 g/mol. The van der Waals surface area contributed by atoms with Gasteiger partial charge in [-0.3, -0.25) is 0 Å². The van der Waals surface area contributed by atoms with Crippen LogP contribution in [-0.4, -0.2) is 19.5 Å². The number of benzene rings is 9. The van der Waals surface area contributed by atoms with Crippen molar-refractivity contribution in [1.29, 1.82) is 0 Å². The summed E-state index contributed by atoms with van der Waals surface area (Å²) in [6.07, 6.45) is 0. The fourth-order valence-electron chi connectivity index (χ4n) is 9.31. The van der Waals surface area contributed by atoms with Crippen LogP contribution in [0.5, 0.6) is 0 Å². The number of para-hydroxylation sites is 2. The van der Waals surface area contributed by atoms with E-state index in [2.05, 4.69) is 168 Å². The first-order valence-corrected chi connectivity index (χ1v) is 21.3. The number of furan rings is 1. The number of hydrogen-bond donors (Lipinski definition) is 0. The van der Waals surface area contributed by atoms with Crippen molar-refractivity contribution < 1.29 is 4.42 Å². The van der Waals surface area contributed by atoms with Gasteiger partial charge in [0.15, 0.2) is 17.5 Å². The SMILES string of the molecule is c1ccc(-c2ccc(-c3nc(-c4ccccc4)nc(-c4cc5c6ccccc6oc5c5c(-n6c7ccccc7c7c8c(ccc76)sc6ccccc68)cccc45)n3)cc2)cc1. The van der Waals surface area contributed by atoms with Gasteiger partial charge in [0.2, 0.25) is 0 Å². The third-order valence-corrected chi connectivity index (χ3v) is 13.2. The molecule has 13 aromatic rings. The van der Waals surface area contributed by atoms with Crippen LogP contribution in [0, 0.1) is 0 Å². The van der Waals surface area contributed by atoms with Gasteiger partial charge in [0.25, 0.3) is 0 Å². The quantitative estimate of drug-likeness (QED) is 0.174. The molecule has 0 unspecified atom stereocenters. The van der Waals surface area contributed by atoms with Crippen molar-refractivity contribution in [2.45, 2.75) is 0 Å². The molecule has 5 nitrogen and oxygen atoms in total. The number of rotatable bonds is 5. The first-order chi connectivity index (χ1) is 30.2. The van der Waals surface area contributed by atoms with Crippen LogP contribution in [0.2, 0.25) is 0 Å². The molecule has 0 aliphatic carbocycles. The summed E-state index contributed by atoms with van der Waals surface area (Å²) < 4.78 is 11.9. The maximum atomic E-state index is 6.90. The molecule has 61 heavy (non-hydrogen) atoms. The molecule has 0 aliphatic heterocycles. The van der Waals surface area contributed by atoms with E-state index in [9.17, 15) is 0 Å². The van der Waals surface area contributed by atoms with E-state index >= 15 is 0 Å². The van der Waals surface area contributed by atoms with Crippen LogP contribution in [0.15, 0.2) is 199 Å². The summed E-state index contributed by atoms with van der Waals surface area (Å²) in [4.78, 5) is 15.7. The minimum Gasteiger partial charge on any atom is -0.455 e. The molecular weight excluding hydrogens is 765 g/mol. The molecule has 0 amide bonds. The molecule has 284 valence electrons. The Labute approximate surface area is 353 Å². The summed E-state index contributed by atoms with van der Waals surface area (Å²) in [6, 6.07) is 68.3. The van der Waals surface area contributed by atoms with Crippen LogP contribution in [-0.2, 0) is 0 Å². The first kappa shape index (κ1) is 34.0. The predicted octanol–water partition coefficient (Wildman–Crippen LogP) is 15.1. The molecule has 0 saturated carbocycles. The van der Waals surface area contributed by atoms with E-state index < -0.39 is 0 Å². The van der Waals surface area contributed by atoms with Crippen LogP contribution in [0.1, 0.15) is 0 Å². The molecule has 0 radical (unpaired) electrons. The lowest BCUT2D eigenvalue weighted by atomic mass is 9.98. The lowest BCUT2D eigenvalue weighted by Gasteiger charge is -2.15. The zero-order valence-electron chi connectivity index (χ0n) is 32.6. The standard InChI is InChI=1S/C55H32N4OS/c1-3-14-33(15-4-1)34-26-28-36(29-27-34)54-56-53(35-16-5-2-6-17-35)57-55(58-54)42-32-41-37-18-8-11-24-46(37)60-52(41)50-38(42)21-13-23-44(50)59-43-22-10-7-19-39(43)49-45(59)30-31-48-51(49)40-20-9-12-25-47(40)61-48/h1-32H. The van der Waals surface area contributed by atoms with E-state index in [1.54, 1.807) is 0 Å². The molecule has 0 fully saturated rings. The summed E-state index contributed by atoms with van der Waals surface area (Å²) in [7, 11) is 0. The average Bonchev–Trinajstić information content (AvgIpc) is 4.01. The van der Waals surface area contributed by atoms with Crippen LogP contribution >= 0.6 is 11.3 Å². The van der Waals surface area contributed by atoms with Gasteiger partial charge >= 0.3 is 0 Å². The van der Waals surface area contributed by atoms with E-state index in [4.69, 9.17) is 19.4 Å². The highest BCUT2D eigenvalue weighted by atomic mass is 32.1. The van der Waals surface area contributed by atoms with Gasteiger partial charge in [-0.25, -0.2) is 15.0 Å². The van der Waals surface area contributed by atoms with E-state index in [0.29, 0.717) is 17.5 Å². The maximum Gasteiger partial charge on any atom is 0.164 e. The second-order valence-corrected chi connectivity index (χ2v) is 16.6. The molecule has 6 heteroatoms. The van der Waals surface area contributed by atoms with Crippen molar-refractivity contribution in [3.63, 3.8) is 0 Å². The van der Waals surface area contributed by atoms with Crippen LogP contribution in [0.4, 0.5) is 0 Å². The Bertz CT molecular complexity index is 3870. The predicted molar refractivity (Wildman–Crippen MR) is 254 cm³/mol. The molecule has 9 aromatic carbocycles. The molecule has 13 rings (SSSR count). The summed E-state index contributed by atoms with van der Waals surface area (Å²) in [5.41, 5.74) is 10.0. The zero-order valence-corrected chi connectivity index (χ0v) is 33.4. The third-order valence-electron chi connectivity index (χ3n) is 12.1. The van der Waals surface area contributed by atoms with Crippen molar-refractivity contribution in [2.75, 3.05) is 0 Å². The van der Waals surface area contributed by atoms with Crippen molar-refractivity contribution in [3.05, 3.63) is 194 Å². The summed E-state index contributed by atoms with van der Waals surface area (Å²) in [6.45, 7) is 0. The van der Waals surface area contributed by atoms with E-state index in [0.717, 1.165) is 77.2 Å². The lowest BCUT2D eigenvalue weighted by molar-refractivity contribution is 0.672. The molecule has 0 N–H and O–H groups in total. The monoisotopic (exact) mass is 796 g/mol. The number of aromatic nitrogens is 4. The Morgan fingerprint density at radius 1 is 0.377 bits per heavy atom. The Kier molecular flexibility index (Phi) is 7.41. The van der Waals surface area contributed by atoms with Crippen LogP contribution in [0.25, 0.3) is 126 Å². The smallest absolute Gasteiger partial charge is 0.164 e. The highest BCUT2D eigenvalue weighted by molar-refractivity contribution is 7.26. The highest BCUT2D eigenvalue weighted by Gasteiger charge is 2.24. The first-order valence-electron chi connectivity index (χ1n) is 20.4.